The molecule has 1 aliphatic rings. The predicted octanol–water partition coefficient (Wildman–Crippen LogP) is 5.89. The van der Waals surface area contributed by atoms with E-state index in [1.165, 1.54) is 11.1 Å². The van der Waals surface area contributed by atoms with Gasteiger partial charge in [-0.15, -0.1) is 0 Å². The second kappa shape index (κ2) is 8.85. The molecule has 0 saturated carbocycles. The van der Waals surface area contributed by atoms with Crippen molar-refractivity contribution in [3.63, 3.8) is 0 Å². The number of rotatable bonds is 7. The molecule has 3 rings (SSSR count). The summed E-state index contributed by atoms with van der Waals surface area (Å²) >= 11 is 0. The molecular formula is C27H37NO3Si. The maximum Gasteiger partial charge on any atom is 0.329 e. The summed E-state index contributed by atoms with van der Waals surface area (Å²) in [6, 6.07) is 17.6. The first kappa shape index (κ1) is 24.2. The highest BCUT2D eigenvalue weighted by molar-refractivity contribution is 6.80. The number of carbonyl (C=O) groups excluding carboxylic acids is 2. The number of hydrogen-bond donors (Lipinski definition) is 0. The van der Waals surface area contributed by atoms with Gasteiger partial charge in [0.1, 0.15) is 12.6 Å². The molecule has 2 aromatic rings. The summed E-state index contributed by atoms with van der Waals surface area (Å²) in [5.74, 6) is -0.192. The maximum absolute atomic E-state index is 13.6. The summed E-state index contributed by atoms with van der Waals surface area (Å²) in [4.78, 5) is 27.0. The average Bonchev–Trinajstić information content (AvgIpc) is 2.74. The van der Waals surface area contributed by atoms with Gasteiger partial charge in [0, 0.05) is 0 Å². The fourth-order valence-corrected chi connectivity index (χ4v) is 6.76. The van der Waals surface area contributed by atoms with Crippen molar-refractivity contribution in [2.75, 3.05) is 0 Å². The van der Waals surface area contributed by atoms with Crippen LogP contribution in [0.5, 0.6) is 0 Å². The average molecular weight is 452 g/mol. The van der Waals surface area contributed by atoms with Crippen LogP contribution in [-0.2, 0) is 27.4 Å². The second-order valence-corrected chi connectivity index (χ2v) is 16.0. The molecule has 0 bridgehead atoms. The van der Waals surface area contributed by atoms with Gasteiger partial charge in [0.15, 0.2) is 8.24 Å². The third-order valence-electron chi connectivity index (χ3n) is 7.51. The van der Waals surface area contributed by atoms with Crippen molar-refractivity contribution in [1.29, 1.82) is 0 Å². The molecule has 2 aromatic carbocycles. The van der Waals surface area contributed by atoms with Crippen LogP contribution in [0.4, 0.5) is 0 Å². The summed E-state index contributed by atoms with van der Waals surface area (Å²) in [7, 11) is -2.24. The summed E-state index contributed by atoms with van der Waals surface area (Å²) in [6.07, 6.45) is 1.39. The molecule has 1 amide bonds. The summed E-state index contributed by atoms with van der Waals surface area (Å²) < 4.78 is 7.68. The Morgan fingerprint density at radius 1 is 1.03 bits per heavy atom. The smallest absolute Gasteiger partial charge is 0.329 e. The molecule has 0 aromatic heterocycles. The molecule has 0 spiro atoms. The Morgan fingerprint density at radius 2 is 1.62 bits per heavy atom. The highest BCUT2D eigenvalue weighted by atomic mass is 28.3. The standard InChI is InChI=1S/C27H37NO3Si/c1-20-13-15-21(16-14-20)17-18-27(5)23(24(29)31-19-22-11-9-8-10-12-22)28(25(27)30)32(6,7)26(2,3)4/h8-16,23H,17-19H2,1-7H3/t23-,27-/m1/s1. The van der Waals surface area contributed by atoms with Crippen LogP contribution in [0, 0.1) is 12.3 Å². The number of ether oxygens (including phenoxy) is 1. The van der Waals surface area contributed by atoms with Crippen molar-refractivity contribution in [3.8, 4) is 0 Å². The molecule has 4 nitrogen and oxygen atoms in total. The lowest BCUT2D eigenvalue weighted by Gasteiger charge is -2.61. The first-order chi connectivity index (χ1) is 14.9. The van der Waals surface area contributed by atoms with E-state index in [4.69, 9.17) is 4.74 Å². The van der Waals surface area contributed by atoms with E-state index in [1.54, 1.807) is 0 Å². The fourth-order valence-electron chi connectivity index (χ4n) is 4.24. The van der Waals surface area contributed by atoms with Gasteiger partial charge in [-0.05, 0) is 42.9 Å². The lowest BCUT2D eigenvalue weighted by Crippen LogP contribution is -2.79. The van der Waals surface area contributed by atoms with E-state index in [9.17, 15) is 9.59 Å². The van der Waals surface area contributed by atoms with Crippen molar-refractivity contribution in [2.45, 2.75) is 78.2 Å². The normalized spacial score (nSPS) is 21.3. The Balaban J connectivity index is 1.84. The number of nitrogens with zero attached hydrogens (tertiary/aromatic N) is 1. The Morgan fingerprint density at radius 3 is 2.19 bits per heavy atom. The van der Waals surface area contributed by atoms with Gasteiger partial charge in [0.2, 0.25) is 5.91 Å². The summed E-state index contributed by atoms with van der Waals surface area (Å²) in [5.41, 5.74) is 2.61. The minimum Gasteiger partial charge on any atom is -0.459 e. The molecule has 5 heteroatoms. The summed E-state index contributed by atoms with van der Waals surface area (Å²) in [5, 5.41) is -0.0566. The Bertz CT molecular complexity index is 963. The van der Waals surface area contributed by atoms with Crippen LogP contribution in [0.1, 0.15) is 50.8 Å². The number of β-lactam (4-membered cyclic amide) rings is 1. The zero-order chi connectivity index (χ0) is 23.7. The highest BCUT2D eigenvalue weighted by Gasteiger charge is 2.66. The molecule has 0 aliphatic carbocycles. The number of benzene rings is 2. The SMILES string of the molecule is Cc1ccc(CC[C@@]2(C)C(=O)N([Si](C)(C)C(C)(C)C)[C@@H]2C(=O)OCc2ccccc2)cc1. The summed E-state index contributed by atoms with van der Waals surface area (Å²) in [6.45, 7) is 15.1. The predicted molar refractivity (Wildman–Crippen MR) is 132 cm³/mol. The van der Waals surface area contributed by atoms with E-state index in [1.807, 2.05) is 41.8 Å². The van der Waals surface area contributed by atoms with E-state index >= 15 is 0 Å². The molecule has 32 heavy (non-hydrogen) atoms. The molecule has 0 radical (unpaired) electrons. The minimum atomic E-state index is -2.24. The van der Waals surface area contributed by atoms with Crippen molar-refractivity contribution < 1.29 is 14.3 Å². The highest BCUT2D eigenvalue weighted by Crippen LogP contribution is 2.51. The first-order valence-corrected chi connectivity index (χ1v) is 14.4. The zero-order valence-electron chi connectivity index (χ0n) is 20.6. The third-order valence-corrected chi connectivity index (χ3v) is 12.8. The van der Waals surface area contributed by atoms with Crippen LogP contribution in [-0.4, -0.2) is 30.7 Å². The number of aryl methyl sites for hydroxylation is 2. The molecule has 1 fully saturated rings. The Hall–Kier alpha value is -2.40. The maximum atomic E-state index is 13.6. The lowest BCUT2D eigenvalue weighted by molar-refractivity contribution is -0.179. The van der Waals surface area contributed by atoms with Crippen LogP contribution < -0.4 is 0 Å². The molecular weight excluding hydrogens is 414 g/mol. The van der Waals surface area contributed by atoms with Crippen molar-refractivity contribution in [1.82, 2.24) is 4.57 Å². The van der Waals surface area contributed by atoms with Gasteiger partial charge in [0.25, 0.3) is 0 Å². The lowest BCUT2D eigenvalue weighted by atomic mass is 9.70. The molecule has 1 aliphatic heterocycles. The van der Waals surface area contributed by atoms with Gasteiger partial charge in [0.05, 0.1) is 5.41 Å². The third kappa shape index (κ3) is 4.54. The van der Waals surface area contributed by atoms with Crippen LogP contribution >= 0.6 is 0 Å². The van der Waals surface area contributed by atoms with E-state index in [0.29, 0.717) is 6.42 Å². The van der Waals surface area contributed by atoms with Gasteiger partial charge in [-0.1, -0.05) is 94.0 Å². The van der Waals surface area contributed by atoms with E-state index in [0.717, 1.165) is 12.0 Å². The van der Waals surface area contributed by atoms with Crippen molar-refractivity contribution in [2.24, 2.45) is 5.41 Å². The first-order valence-electron chi connectivity index (χ1n) is 11.5. The van der Waals surface area contributed by atoms with Crippen molar-refractivity contribution in [3.05, 3.63) is 71.3 Å². The quantitative estimate of drug-likeness (QED) is 0.299. The van der Waals surface area contributed by atoms with Gasteiger partial charge >= 0.3 is 5.97 Å². The van der Waals surface area contributed by atoms with Crippen LogP contribution in [0.15, 0.2) is 54.6 Å². The van der Waals surface area contributed by atoms with Gasteiger partial charge < -0.3 is 9.30 Å². The number of amides is 1. The van der Waals surface area contributed by atoms with E-state index in [-0.39, 0.29) is 23.5 Å². The zero-order valence-corrected chi connectivity index (χ0v) is 21.6. The number of hydrogen-bond acceptors (Lipinski definition) is 3. The van der Waals surface area contributed by atoms with Crippen LogP contribution in [0.2, 0.25) is 18.1 Å². The van der Waals surface area contributed by atoms with Gasteiger partial charge in [-0.25, -0.2) is 4.79 Å². The van der Waals surface area contributed by atoms with Crippen molar-refractivity contribution >= 4 is 20.1 Å². The molecule has 1 heterocycles. The number of esters is 1. The van der Waals surface area contributed by atoms with Gasteiger partial charge in [-0.3, -0.25) is 4.79 Å². The van der Waals surface area contributed by atoms with E-state index in [2.05, 4.69) is 65.1 Å². The molecule has 2 atom stereocenters. The minimum absolute atomic E-state index is 0.0566. The number of carbonyl (C=O) groups is 2. The van der Waals surface area contributed by atoms with Gasteiger partial charge in [-0.2, -0.15) is 0 Å². The molecule has 172 valence electrons. The van der Waals surface area contributed by atoms with E-state index < -0.39 is 19.7 Å². The fraction of sp³-hybridized carbons (Fsp3) is 0.481. The van der Waals surface area contributed by atoms with Crippen LogP contribution in [0.25, 0.3) is 0 Å². The molecule has 0 N–H and O–H groups in total. The topological polar surface area (TPSA) is 46.6 Å². The molecule has 0 unspecified atom stereocenters. The molecule has 1 saturated heterocycles. The Kier molecular flexibility index (Phi) is 6.71. The van der Waals surface area contributed by atoms with Crippen LogP contribution in [0.3, 0.4) is 0 Å². The monoisotopic (exact) mass is 451 g/mol. The largest absolute Gasteiger partial charge is 0.459 e. The second-order valence-electron chi connectivity index (χ2n) is 10.9. The Labute approximate surface area is 194 Å².